The molecule has 1 fully saturated rings. The van der Waals surface area contributed by atoms with Gasteiger partial charge in [0.15, 0.2) is 0 Å². The minimum absolute atomic E-state index is 0.0261. The topological polar surface area (TPSA) is 93.1 Å². The molecule has 1 aliphatic heterocycles. The molecule has 4 rings (SSSR count). The highest BCUT2D eigenvalue weighted by atomic mass is 16.5. The maximum Gasteiger partial charge on any atom is 0.338 e. The zero-order valence-corrected chi connectivity index (χ0v) is 21.8. The Labute approximate surface area is 222 Å². The summed E-state index contributed by atoms with van der Waals surface area (Å²) in [5, 5.41) is 11.4. The predicted molar refractivity (Wildman–Crippen MR) is 145 cm³/mol. The number of benzene rings is 3. The van der Waals surface area contributed by atoms with Crippen molar-refractivity contribution >= 4 is 29.1 Å². The summed E-state index contributed by atoms with van der Waals surface area (Å²) in [5.41, 5.74) is 2.44. The molecule has 38 heavy (non-hydrogen) atoms. The second-order valence-electron chi connectivity index (χ2n) is 9.09. The highest BCUT2D eigenvalue weighted by molar-refractivity contribution is 6.51. The number of aliphatic hydroxyl groups is 1. The lowest BCUT2D eigenvalue weighted by molar-refractivity contribution is -0.132. The Hall–Kier alpha value is -4.39. The molecule has 3 aromatic carbocycles. The zero-order valence-electron chi connectivity index (χ0n) is 21.8. The Bertz CT molecular complexity index is 1380. The van der Waals surface area contributed by atoms with Gasteiger partial charge in [0.1, 0.15) is 11.5 Å². The summed E-state index contributed by atoms with van der Waals surface area (Å²) < 4.78 is 11.0. The number of carbonyl (C=O) groups is 3. The smallest absolute Gasteiger partial charge is 0.338 e. The number of esters is 1. The first kappa shape index (κ1) is 26.7. The third-order valence-corrected chi connectivity index (χ3v) is 6.27. The summed E-state index contributed by atoms with van der Waals surface area (Å²) in [6.45, 7) is 6.62. The molecule has 0 aromatic heterocycles. The second-order valence-corrected chi connectivity index (χ2v) is 9.09. The number of aryl methyl sites for hydroxylation is 1. The lowest BCUT2D eigenvalue weighted by Gasteiger charge is -2.25. The Balaban J connectivity index is 1.82. The molecule has 0 spiro atoms. The Morgan fingerprint density at radius 2 is 1.63 bits per heavy atom. The average Bonchev–Trinajstić information content (AvgIpc) is 3.21. The lowest BCUT2D eigenvalue weighted by atomic mass is 9.94. The summed E-state index contributed by atoms with van der Waals surface area (Å²) >= 11 is 0. The summed E-state index contributed by atoms with van der Waals surface area (Å²) in [4.78, 5) is 40.7. The number of ether oxygens (including phenoxy) is 2. The number of hydrogen-bond donors (Lipinski definition) is 1. The van der Waals surface area contributed by atoms with E-state index in [4.69, 9.17) is 9.47 Å². The minimum atomic E-state index is -0.894. The molecule has 1 aliphatic rings. The van der Waals surface area contributed by atoms with Gasteiger partial charge in [-0.1, -0.05) is 50.2 Å². The van der Waals surface area contributed by atoms with Crippen LogP contribution < -0.4 is 9.64 Å². The molecular formula is C31H31NO6. The molecule has 1 N–H and O–H groups in total. The van der Waals surface area contributed by atoms with Gasteiger partial charge in [-0.05, 0) is 67.3 Å². The summed E-state index contributed by atoms with van der Waals surface area (Å²) in [5.74, 6) is -1.70. The fourth-order valence-corrected chi connectivity index (χ4v) is 4.44. The van der Waals surface area contributed by atoms with E-state index in [2.05, 4.69) is 0 Å². The molecule has 1 heterocycles. The maximum atomic E-state index is 13.4. The molecule has 0 bridgehead atoms. The van der Waals surface area contributed by atoms with Gasteiger partial charge in [-0.25, -0.2) is 4.79 Å². The minimum Gasteiger partial charge on any atom is -0.507 e. The van der Waals surface area contributed by atoms with Crippen molar-refractivity contribution < 1.29 is 29.0 Å². The van der Waals surface area contributed by atoms with E-state index in [1.807, 2.05) is 26.8 Å². The fourth-order valence-electron chi connectivity index (χ4n) is 4.44. The summed E-state index contributed by atoms with van der Waals surface area (Å²) in [6.07, 6.45) is 1.54. The molecule has 0 radical (unpaired) electrons. The number of rotatable bonds is 9. The Morgan fingerprint density at radius 3 is 2.32 bits per heavy atom. The molecule has 1 saturated heterocycles. The van der Waals surface area contributed by atoms with Crippen molar-refractivity contribution in [3.63, 3.8) is 0 Å². The molecule has 3 aromatic rings. The van der Waals surface area contributed by atoms with Crippen molar-refractivity contribution in [2.75, 3.05) is 18.1 Å². The number of nitrogens with zero attached hydrogens (tertiary/aromatic N) is 1. The van der Waals surface area contributed by atoms with Crippen LogP contribution in [0.4, 0.5) is 5.69 Å². The molecular weight excluding hydrogens is 482 g/mol. The van der Waals surface area contributed by atoms with Crippen LogP contribution in [-0.2, 0) is 14.3 Å². The highest BCUT2D eigenvalue weighted by Crippen LogP contribution is 2.42. The van der Waals surface area contributed by atoms with Crippen LogP contribution in [0.3, 0.4) is 0 Å². The van der Waals surface area contributed by atoms with Crippen LogP contribution in [0.1, 0.15) is 59.8 Å². The van der Waals surface area contributed by atoms with Gasteiger partial charge < -0.3 is 14.6 Å². The van der Waals surface area contributed by atoms with E-state index >= 15 is 0 Å². The maximum absolute atomic E-state index is 13.4. The van der Waals surface area contributed by atoms with E-state index in [1.165, 1.54) is 11.0 Å². The lowest BCUT2D eigenvalue weighted by Crippen LogP contribution is -2.29. The van der Waals surface area contributed by atoms with Gasteiger partial charge >= 0.3 is 5.97 Å². The van der Waals surface area contributed by atoms with E-state index in [0.717, 1.165) is 12.0 Å². The standard InChI is InChI=1S/C31H31NO6/c1-4-16-37-25-15-14-22(18-20(25)3)28(33)26-27(21-10-7-6-8-11-21)32(30(35)29(26)34)24-13-9-12-23(19-24)31(36)38-17-5-2/h6-15,18-19,27,33H,4-5,16-17H2,1-3H3/b28-26+. The monoisotopic (exact) mass is 513 g/mol. The van der Waals surface area contributed by atoms with Crippen LogP contribution in [0.5, 0.6) is 5.75 Å². The number of ketones is 1. The van der Waals surface area contributed by atoms with Gasteiger partial charge in [-0.2, -0.15) is 0 Å². The van der Waals surface area contributed by atoms with Crippen LogP contribution in [0.15, 0.2) is 78.4 Å². The summed E-state index contributed by atoms with van der Waals surface area (Å²) in [7, 11) is 0. The van der Waals surface area contributed by atoms with Gasteiger partial charge in [0.05, 0.1) is 30.4 Å². The van der Waals surface area contributed by atoms with Crippen molar-refractivity contribution in [2.24, 2.45) is 0 Å². The number of aliphatic hydroxyl groups excluding tert-OH is 1. The van der Waals surface area contributed by atoms with Crippen molar-refractivity contribution in [1.29, 1.82) is 0 Å². The molecule has 0 saturated carbocycles. The molecule has 1 atom stereocenters. The first-order valence-corrected chi connectivity index (χ1v) is 12.7. The van der Waals surface area contributed by atoms with E-state index < -0.39 is 23.7 Å². The van der Waals surface area contributed by atoms with Gasteiger partial charge in [0.2, 0.25) is 0 Å². The van der Waals surface area contributed by atoms with Crippen molar-refractivity contribution in [2.45, 2.75) is 39.7 Å². The van der Waals surface area contributed by atoms with Gasteiger partial charge in [-0.3, -0.25) is 14.5 Å². The van der Waals surface area contributed by atoms with Gasteiger partial charge in [0, 0.05) is 11.3 Å². The zero-order chi connectivity index (χ0) is 27.2. The van der Waals surface area contributed by atoms with E-state index in [1.54, 1.807) is 60.7 Å². The molecule has 196 valence electrons. The fraction of sp³-hybridized carbons (Fsp3) is 0.258. The van der Waals surface area contributed by atoms with E-state index in [-0.39, 0.29) is 23.5 Å². The predicted octanol–water partition coefficient (Wildman–Crippen LogP) is 5.98. The number of carbonyl (C=O) groups excluding carboxylic acids is 3. The third kappa shape index (κ3) is 5.32. The average molecular weight is 514 g/mol. The first-order chi connectivity index (χ1) is 18.4. The quantitative estimate of drug-likeness (QED) is 0.164. The van der Waals surface area contributed by atoms with Crippen molar-refractivity contribution in [1.82, 2.24) is 0 Å². The number of hydrogen-bond acceptors (Lipinski definition) is 6. The van der Waals surface area contributed by atoms with Crippen LogP contribution in [0.2, 0.25) is 0 Å². The SMILES string of the molecule is CCCOC(=O)c1cccc(N2C(=O)C(=O)/C(=C(/O)c3ccc(OCCC)c(C)c3)C2c2ccccc2)c1. The van der Waals surface area contributed by atoms with Crippen molar-refractivity contribution in [3.05, 3.63) is 101 Å². The second kappa shape index (κ2) is 11.8. The highest BCUT2D eigenvalue weighted by Gasteiger charge is 2.47. The normalized spacial score (nSPS) is 16.5. The van der Waals surface area contributed by atoms with Gasteiger partial charge in [-0.15, -0.1) is 0 Å². The van der Waals surface area contributed by atoms with Crippen LogP contribution >= 0.6 is 0 Å². The number of anilines is 1. The molecule has 1 unspecified atom stereocenters. The molecule has 0 aliphatic carbocycles. The summed E-state index contributed by atoms with van der Waals surface area (Å²) in [6, 6.07) is 19.7. The number of Topliss-reactive ketones (excluding diaryl/α,β-unsaturated/α-hetero) is 1. The first-order valence-electron chi connectivity index (χ1n) is 12.7. The van der Waals surface area contributed by atoms with Crippen LogP contribution in [0.25, 0.3) is 5.76 Å². The van der Waals surface area contributed by atoms with E-state index in [9.17, 15) is 19.5 Å². The largest absolute Gasteiger partial charge is 0.507 e. The third-order valence-electron chi connectivity index (χ3n) is 6.27. The van der Waals surface area contributed by atoms with Gasteiger partial charge in [0.25, 0.3) is 11.7 Å². The molecule has 7 heteroatoms. The molecule has 1 amide bonds. The Morgan fingerprint density at radius 1 is 0.895 bits per heavy atom. The van der Waals surface area contributed by atoms with Crippen LogP contribution in [-0.4, -0.2) is 36.0 Å². The van der Waals surface area contributed by atoms with E-state index in [0.29, 0.717) is 35.6 Å². The number of amides is 1. The van der Waals surface area contributed by atoms with Crippen LogP contribution in [0, 0.1) is 6.92 Å². The Kier molecular flexibility index (Phi) is 8.26. The van der Waals surface area contributed by atoms with Crippen molar-refractivity contribution in [3.8, 4) is 5.75 Å². The molecule has 7 nitrogen and oxygen atoms in total.